The van der Waals surface area contributed by atoms with Crippen molar-refractivity contribution in [3.8, 4) is 0 Å². The largest absolute Gasteiger partial charge is 0.322 e. The maximum atomic E-state index is 11.1. The summed E-state index contributed by atoms with van der Waals surface area (Å²) in [5, 5.41) is 11.9. The molecule has 1 aromatic carbocycles. The Labute approximate surface area is 121 Å². The minimum Gasteiger partial charge on any atom is -0.322 e. The molecule has 0 aliphatic heterocycles. The molecule has 102 valence electrons. The van der Waals surface area contributed by atoms with Crippen LogP contribution in [0.3, 0.4) is 0 Å². The van der Waals surface area contributed by atoms with Crippen LogP contribution in [0.25, 0.3) is 0 Å². The van der Waals surface area contributed by atoms with Crippen molar-refractivity contribution in [3.05, 3.63) is 40.4 Å². The number of rotatable bonds is 4. The van der Waals surface area contributed by atoms with Crippen LogP contribution in [0.2, 0.25) is 0 Å². The monoisotopic (exact) mass is 298 g/mol. The van der Waals surface area contributed by atoms with Gasteiger partial charge in [-0.3, -0.25) is 10.1 Å². The number of hydrogen-bond acceptors (Lipinski definition) is 5. The summed E-state index contributed by atoms with van der Waals surface area (Å²) in [4.78, 5) is 11.1. The molecule has 19 heavy (non-hydrogen) atoms. The number of halogens is 1. The molecule has 1 heterocycles. The van der Waals surface area contributed by atoms with Gasteiger partial charge in [-0.2, -0.15) is 0 Å². The molecular weight excluding hydrogens is 284 g/mol. The number of nitrogens with two attached hydrogens (primary N) is 1. The Hall–Kier alpha value is -1.50. The third-order valence-electron chi connectivity index (χ3n) is 2.37. The van der Waals surface area contributed by atoms with E-state index in [2.05, 4.69) is 46.7 Å². The zero-order chi connectivity index (χ0) is 13.0. The van der Waals surface area contributed by atoms with Crippen molar-refractivity contribution < 1.29 is 4.79 Å². The number of nitrogens with one attached hydrogen (secondary N) is 1. The van der Waals surface area contributed by atoms with Gasteiger partial charge in [0.25, 0.3) is 0 Å². The minimum absolute atomic E-state index is 0. The minimum atomic E-state index is -0.256. The molecule has 0 spiro atoms. The molecule has 0 aliphatic carbocycles. The van der Waals surface area contributed by atoms with E-state index < -0.39 is 0 Å². The van der Waals surface area contributed by atoms with Crippen LogP contribution < -0.4 is 11.1 Å². The maximum Gasteiger partial charge on any atom is 0.239 e. The number of anilines is 1. The molecule has 0 bridgehead atoms. The predicted molar refractivity (Wildman–Crippen MR) is 78.8 cm³/mol. The molecule has 1 amide bonds. The summed E-state index contributed by atoms with van der Waals surface area (Å²) in [5.41, 5.74) is 7.61. The molecule has 0 saturated carbocycles. The fraction of sp³-hybridized carbons (Fsp3) is 0.250. The quantitative estimate of drug-likeness (QED) is 0.901. The van der Waals surface area contributed by atoms with Crippen molar-refractivity contribution in [1.82, 2.24) is 10.2 Å². The first-order chi connectivity index (χ1) is 8.67. The van der Waals surface area contributed by atoms with E-state index in [0.29, 0.717) is 5.13 Å². The Kier molecular flexibility index (Phi) is 5.88. The molecule has 0 aliphatic rings. The van der Waals surface area contributed by atoms with E-state index in [1.807, 2.05) is 0 Å². The van der Waals surface area contributed by atoms with Gasteiger partial charge in [-0.25, -0.2) is 0 Å². The third-order valence-corrected chi connectivity index (χ3v) is 3.21. The predicted octanol–water partition coefficient (Wildman–Crippen LogP) is 1.76. The highest BCUT2D eigenvalue weighted by Gasteiger charge is 2.07. The van der Waals surface area contributed by atoms with Crippen molar-refractivity contribution in [1.29, 1.82) is 0 Å². The summed E-state index contributed by atoms with van der Waals surface area (Å²) in [5.74, 6) is -0.256. The van der Waals surface area contributed by atoms with Crippen LogP contribution in [0.5, 0.6) is 0 Å². The van der Waals surface area contributed by atoms with Crippen molar-refractivity contribution >= 4 is 34.8 Å². The molecule has 2 aromatic rings. The van der Waals surface area contributed by atoms with Crippen LogP contribution in [0.1, 0.15) is 16.1 Å². The van der Waals surface area contributed by atoms with Crippen LogP contribution >= 0.6 is 23.7 Å². The van der Waals surface area contributed by atoms with E-state index >= 15 is 0 Å². The van der Waals surface area contributed by atoms with Crippen LogP contribution in [0.4, 0.5) is 5.13 Å². The summed E-state index contributed by atoms with van der Waals surface area (Å²) >= 11 is 1.37. The summed E-state index contributed by atoms with van der Waals surface area (Å²) < 4.78 is 0. The molecule has 1 aromatic heterocycles. The fourth-order valence-electron chi connectivity index (χ4n) is 1.43. The fourth-order valence-corrected chi connectivity index (χ4v) is 2.22. The van der Waals surface area contributed by atoms with Crippen LogP contribution in [0, 0.1) is 6.92 Å². The molecule has 2 rings (SSSR count). The number of nitrogens with zero attached hydrogens (tertiary/aromatic N) is 2. The zero-order valence-electron chi connectivity index (χ0n) is 10.4. The highest BCUT2D eigenvalue weighted by atomic mass is 35.5. The number of carbonyl (C=O) groups excluding carboxylic acids is 1. The van der Waals surface area contributed by atoms with Crippen molar-refractivity contribution in [3.63, 3.8) is 0 Å². The standard InChI is InChI=1S/C12H14N4OS.ClH/c1-8-2-4-9(5-3-8)6-11-15-16-12(18-11)14-10(17)7-13;/h2-5H,6-7,13H2,1H3,(H,14,16,17);1H. The lowest BCUT2D eigenvalue weighted by Gasteiger charge is -1.98. The van der Waals surface area contributed by atoms with Gasteiger partial charge >= 0.3 is 0 Å². The summed E-state index contributed by atoms with van der Waals surface area (Å²) in [6, 6.07) is 8.25. The highest BCUT2D eigenvalue weighted by molar-refractivity contribution is 7.15. The van der Waals surface area contributed by atoms with Gasteiger partial charge in [-0.1, -0.05) is 41.2 Å². The normalized spacial score (nSPS) is 9.79. The average Bonchev–Trinajstić information content (AvgIpc) is 2.79. The molecule has 0 radical (unpaired) electrons. The highest BCUT2D eigenvalue weighted by Crippen LogP contribution is 2.18. The van der Waals surface area contributed by atoms with Gasteiger partial charge in [0.2, 0.25) is 11.0 Å². The molecule has 0 atom stereocenters. The first-order valence-corrected chi connectivity index (χ1v) is 6.37. The van der Waals surface area contributed by atoms with Crippen molar-refractivity contribution in [2.24, 2.45) is 5.73 Å². The number of aromatic nitrogens is 2. The Morgan fingerprint density at radius 1 is 1.32 bits per heavy atom. The van der Waals surface area contributed by atoms with Gasteiger partial charge in [-0.15, -0.1) is 22.6 Å². The van der Waals surface area contributed by atoms with E-state index in [1.54, 1.807) is 0 Å². The summed E-state index contributed by atoms with van der Waals surface area (Å²) in [7, 11) is 0. The van der Waals surface area contributed by atoms with E-state index in [9.17, 15) is 4.79 Å². The van der Waals surface area contributed by atoms with Gasteiger partial charge < -0.3 is 5.73 Å². The Balaban J connectivity index is 0.00000180. The van der Waals surface area contributed by atoms with E-state index in [4.69, 9.17) is 5.73 Å². The topological polar surface area (TPSA) is 80.9 Å². The SMILES string of the molecule is Cc1ccc(Cc2nnc(NC(=O)CN)s2)cc1.Cl. The lowest BCUT2D eigenvalue weighted by Crippen LogP contribution is -2.21. The molecule has 0 saturated heterocycles. The van der Waals surface area contributed by atoms with Gasteiger partial charge in [0.1, 0.15) is 5.01 Å². The molecule has 3 N–H and O–H groups in total. The van der Waals surface area contributed by atoms with Crippen molar-refractivity contribution in [2.45, 2.75) is 13.3 Å². The van der Waals surface area contributed by atoms with Crippen LogP contribution in [0.15, 0.2) is 24.3 Å². The Morgan fingerprint density at radius 2 is 2.00 bits per heavy atom. The average molecular weight is 299 g/mol. The molecular formula is C12H15ClN4OS. The molecule has 0 fully saturated rings. The first-order valence-electron chi connectivity index (χ1n) is 5.55. The Bertz CT molecular complexity index is 541. The van der Waals surface area contributed by atoms with E-state index in [1.165, 1.54) is 22.5 Å². The van der Waals surface area contributed by atoms with Crippen LogP contribution in [-0.4, -0.2) is 22.6 Å². The van der Waals surface area contributed by atoms with Gasteiger partial charge in [0.15, 0.2) is 0 Å². The maximum absolute atomic E-state index is 11.1. The number of benzene rings is 1. The second-order valence-corrected chi connectivity index (χ2v) is 4.98. The third kappa shape index (κ3) is 4.59. The van der Waals surface area contributed by atoms with Gasteiger partial charge in [-0.05, 0) is 12.5 Å². The lowest BCUT2D eigenvalue weighted by atomic mass is 10.1. The number of aryl methyl sites for hydroxylation is 1. The van der Waals surface area contributed by atoms with Crippen LogP contribution in [-0.2, 0) is 11.2 Å². The zero-order valence-corrected chi connectivity index (χ0v) is 12.1. The number of hydrogen-bond donors (Lipinski definition) is 2. The molecule has 5 nitrogen and oxygen atoms in total. The van der Waals surface area contributed by atoms with Gasteiger partial charge in [0, 0.05) is 6.42 Å². The van der Waals surface area contributed by atoms with E-state index in [0.717, 1.165) is 11.4 Å². The Morgan fingerprint density at radius 3 is 2.63 bits per heavy atom. The van der Waals surface area contributed by atoms with E-state index in [-0.39, 0.29) is 24.9 Å². The van der Waals surface area contributed by atoms with Gasteiger partial charge in [0.05, 0.1) is 6.54 Å². The summed E-state index contributed by atoms with van der Waals surface area (Å²) in [6.07, 6.45) is 0.719. The summed E-state index contributed by atoms with van der Waals surface area (Å²) in [6.45, 7) is 2.00. The first kappa shape index (κ1) is 15.6. The van der Waals surface area contributed by atoms with Crippen molar-refractivity contribution in [2.75, 3.05) is 11.9 Å². The second kappa shape index (κ2) is 7.18. The number of amides is 1. The number of carbonyl (C=O) groups is 1. The second-order valence-electron chi connectivity index (χ2n) is 3.92. The smallest absolute Gasteiger partial charge is 0.239 e. The molecule has 7 heteroatoms. The molecule has 0 unspecified atom stereocenters. The lowest BCUT2D eigenvalue weighted by molar-refractivity contribution is -0.114.